The van der Waals surface area contributed by atoms with Crippen LogP contribution in [0.4, 0.5) is 18.0 Å². The average Bonchev–Trinajstić information content (AvgIpc) is 3.26. The van der Waals surface area contributed by atoms with E-state index in [1.807, 2.05) is 30.4 Å². The van der Waals surface area contributed by atoms with Crippen molar-refractivity contribution in [1.29, 1.82) is 0 Å². The van der Waals surface area contributed by atoms with E-state index in [0.29, 0.717) is 18.7 Å². The van der Waals surface area contributed by atoms with Crippen molar-refractivity contribution in [2.45, 2.75) is 37.2 Å². The number of ether oxygens (including phenoxy) is 1. The summed E-state index contributed by atoms with van der Waals surface area (Å²) in [6.07, 6.45) is 2.84. The van der Waals surface area contributed by atoms with Crippen LogP contribution in [0.3, 0.4) is 0 Å². The molecule has 2 saturated carbocycles. The number of carbonyl (C=O) groups excluding carboxylic acids is 1. The van der Waals surface area contributed by atoms with Crippen LogP contribution in [0.1, 0.15) is 25.0 Å². The summed E-state index contributed by atoms with van der Waals surface area (Å²) in [5, 5.41) is 2.71. The fraction of sp³-hybridized carbons (Fsp3) is 0.417. The first-order valence-corrected chi connectivity index (χ1v) is 10.6. The highest BCUT2D eigenvalue weighted by atomic mass is 19.2. The monoisotopic (exact) mass is 428 g/mol. The maximum Gasteiger partial charge on any atom is 0.407 e. The van der Waals surface area contributed by atoms with Crippen LogP contribution in [0.2, 0.25) is 0 Å². The zero-order valence-electron chi connectivity index (χ0n) is 16.8. The second-order valence-electron chi connectivity index (χ2n) is 8.81. The molecule has 2 aromatic rings. The minimum atomic E-state index is -1.49. The van der Waals surface area contributed by atoms with Crippen molar-refractivity contribution < 1.29 is 22.7 Å². The molecule has 1 amide bonds. The summed E-state index contributed by atoms with van der Waals surface area (Å²) < 4.78 is 47.3. The van der Waals surface area contributed by atoms with E-state index >= 15 is 0 Å². The number of nitrogens with one attached hydrogen (secondary N) is 1. The number of carbonyl (C=O) groups is 1. The third-order valence-corrected chi connectivity index (χ3v) is 6.95. The van der Waals surface area contributed by atoms with Gasteiger partial charge >= 0.3 is 6.09 Å². The van der Waals surface area contributed by atoms with Crippen molar-refractivity contribution >= 4 is 12.2 Å². The fourth-order valence-electron chi connectivity index (χ4n) is 5.50. The van der Waals surface area contributed by atoms with Crippen LogP contribution in [0.5, 0.6) is 0 Å². The molecular weight excluding hydrogens is 405 g/mol. The van der Waals surface area contributed by atoms with Gasteiger partial charge in [-0.3, -0.25) is 4.98 Å². The standard InChI is InChI=1S/C24H23F3N2O2/c25-17-3-1-2-14(8-17)15-4-5-18(28-12-15)6-7-20-19-10-22(27)21(26)9-16(19)11-24(20)13-29-23(30)31-24/h1-8,12,16,19-22H,9-11,13H2,(H,29,30)/b7-6+/t16-,19+,20-,21+,22+,24?/m0/s1. The molecule has 7 heteroatoms. The molecule has 162 valence electrons. The van der Waals surface area contributed by atoms with Gasteiger partial charge in [0.25, 0.3) is 0 Å². The van der Waals surface area contributed by atoms with Crippen molar-refractivity contribution in [3.8, 4) is 11.1 Å². The number of aromatic nitrogens is 1. The Balaban J connectivity index is 1.39. The number of fused-ring (bicyclic) bond motifs is 1. The second kappa shape index (κ2) is 7.70. The van der Waals surface area contributed by atoms with Gasteiger partial charge in [-0.05, 0) is 60.9 Å². The zero-order valence-corrected chi connectivity index (χ0v) is 16.8. The second-order valence-corrected chi connectivity index (χ2v) is 8.81. The van der Waals surface area contributed by atoms with E-state index in [4.69, 9.17) is 4.74 Å². The summed E-state index contributed by atoms with van der Waals surface area (Å²) in [7, 11) is 0. The number of rotatable bonds is 3. The average molecular weight is 428 g/mol. The van der Waals surface area contributed by atoms with Crippen LogP contribution in [0.15, 0.2) is 48.7 Å². The Hall–Kier alpha value is -2.83. The van der Waals surface area contributed by atoms with Crippen molar-refractivity contribution in [3.63, 3.8) is 0 Å². The van der Waals surface area contributed by atoms with E-state index in [0.717, 1.165) is 11.1 Å². The first kappa shape index (κ1) is 20.1. The first-order valence-electron chi connectivity index (χ1n) is 10.6. The Bertz CT molecular complexity index is 1010. The maximum atomic E-state index is 14.2. The van der Waals surface area contributed by atoms with E-state index in [-0.39, 0.29) is 36.4 Å². The van der Waals surface area contributed by atoms with Gasteiger partial charge in [0, 0.05) is 17.7 Å². The third-order valence-electron chi connectivity index (χ3n) is 6.95. The number of alkyl carbamates (subject to hydrolysis) is 1. The highest BCUT2D eigenvalue weighted by Crippen LogP contribution is 2.55. The molecule has 1 aromatic heterocycles. The number of alkyl halides is 2. The van der Waals surface area contributed by atoms with Gasteiger partial charge in [0.05, 0.1) is 12.2 Å². The smallest absolute Gasteiger partial charge is 0.407 e. The lowest BCUT2D eigenvalue weighted by Crippen LogP contribution is -2.39. The van der Waals surface area contributed by atoms with Gasteiger partial charge in [-0.15, -0.1) is 0 Å². The minimum Gasteiger partial charge on any atom is -0.440 e. The summed E-state index contributed by atoms with van der Waals surface area (Å²) in [4.78, 5) is 16.2. The van der Waals surface area contributed by atoms with Crippen LogP contribution in [0.25, 0.3) is 17.2 Å². The van der Waals surface area contributed by atoms with E-state index in [1.54, 1.807) is 12.3 Å². The van der Waals surface area contributed by atoms with E-state index in [1.165, 1.54) is 12.1 Å². The Kier molecular flexibility index (Phi) is 4.99. The molecule has 5 rings (SSSR count). The predicted octanol–water partition coefficient (Wildman–Crippen LogP) is 5.10. The Labute approximate surface area is 178 Å². The van der Waals surface area contributed by atoms with Crippen molar-refractivity contribution in [2.24, 2.45) is 17.8 Å². The van der Waals surface area contributed by atoms with E-state index < -0.39 is 24.0 Å². The third kappa shape index (κ3) is 3.70. The Morgan fingerprint density at radius 1 is 1.13 bits per heavy atom. The van der Waals surface area contributed by atoms with Crippen LogP contribution >= 0.6 is 0 Å². The van der Waals surface area contributed by atoms with Gasteiger partial charge in [0.15, 0.2) is 0 Å². The topological polar surface area (TPSA) is 51.2 Å². The van der Waals surface area contributed by atoms with E-state index in [9.17, 15) is 18.0 Å². The molecule has 4 nitrogen and oxygen atoms in total. The van der Waals surface area contributed by atoms with Gasteiger partial charge in [-0.25, -0.2) is 18.0 Å². The normalized spacial score (nSPS) is 34.7. The highest BCUT2D eigenvalue weighted by Gasteiger charge is 2.59. The first-order chi connectivity index (χ1) is 14.9. The van der Waals surface area contributed by atoms with Crippen LogP contribution in [-0.4, -0.2) is 35.6 Å². The molecule has 3 fully saturated rings. The molecule has 1 saturated heterocycles. The molecule has 1 spiro atoms. The Morgan fingerprint density at radius 2 is 1.97 bits per heavy atom. The van der Waals surface area contributed by atoms with Crippen molar-refractivity contribution in [1.82, 2.24) is 10.3 Å². The summed E-state index contributed by atoms with van der Waals surface area (Å²) >= 11 is 0. The predicted molar refractivity (Wildman–Crippen MR) is 110 cm³/mol. The lowest BCUT2D eigenvalue weighted by molar-refractivity contribution is 0.0276. The number of pyridine rings is 1. The number of hydrogen-bond donors (Lipinski definition) is 1. The number of halogens is 3. The quantitative estimate of drug-likeness (QED) is 0.740. The molecule has 31 heavy (non-hydrogen) atoms. The van der Waals surface area contributed by atoms with Gasteiger partial charge in [0.2, 0.25) is 0 Å². The number of benzene rings is 1. The van der Waals surface area contributed by atoms with Gasteiger partial charge < -0.3 is 10.1 Å². The summed E-state index contributed by atoms with van der Waals surface area (Å²) in [6.45, 7) is 0.341. The minimum absolute atomic E-state index is 0.0207. The summed E-state index contributed by atoms with van der Waals surface area (Å²) in [5.41, 5.74) is 1.45. The number of nitrogens with zero attached hydrogens (tertiary/aromatic N) is 1. The largest absolute Gasteiger partial charge is 0.440 e. The molecule has 3 aliphatic rings. The molecule has 0 radical (unpaired) electrons. The van der Waals surface area contributed by atoms with Crippen LogP contribution < -0.4 is 5.32 Å². The SMILES string of the molecule is O=C1NCC2(C[C@@H]3C[C@@H](F)[C@H](F)C[C@H]3[C@@H]2/C=C/c2ccc(-c3cccc(F)c3)cn2)O1. The molecule has 1 N–H and O–H groups in total. The molecule has 1 aromatic carbocycles. The lowest BCUT2D eigenvalue weighted by atomic mass is 9.75. The van der Waals surface area contributed by atoms with Crippen molar-refractivity contribution in [2.75, 3.05) is 6.54 Å². The number of hydrogen-bond acceptors (Lipinski definition) is 3. The molecule has 2 heterocycles. The van der Waals surface area contributed by atoms with Crippen LogP contribution in [-0.2, 0) is 4.74 Å². The fourth-order valence-corrected chi connectivity index (χ4v) is 5.50. The Morgan fingerprint density at radius 3 is 2.68 bits per heavy atom. The van der Waals surface area contributed by atoms with Crippen molar-refractivity contribution in [3.05, 3.63) is 60.2 Å². The lowest BCUT2D eigenvalue weighted by Gasteiger charge is -2.33. The van der Waals surface area contributed by atoms with E-state index in [2.05, 4.69) is 10.3 Å². The maximum absolute atomic E-state index is 14.2. The van der Waals surface area contributed by atoms with Crippen LogP contribution in [0, 0.1) is 23.6 Å². The highest BCUT2D eigenvalue weighted by molar-refractivity contribution is 5.70. The summed E-state index contributed by atoms with van der Waals surface area (Å²) in [5.74, 6) is -0.631. The number of amides is 1. The summed E-state index contributed by atoms with van der Waals surface area (Å²) in [6, 6.07) is 9.99. The molecule has 6 atom stereocenters. The molecule has 2 aliphatic carbocycles. The van der Waals surface area contributed by atoms with Gasteiger partial charge in [-0.1, -0.05) is 24.3 Å². The van der Waals surface area contributed by atoms with Gasteiger partial charge in [0.1, 0.15) is 23.8 Å². The molecule has 1 aliphatic heterocycles. The van der Waals surface area contributed by atoms with Gasteiger partial charge in [-0.2, -0.15) is 0 Å². The molecule has 0 bridgehead atoms. The molecule has 1 unspecified atom stereocenters. The molecular formula is C24H23F3N2O2. The zero-order chi connectivity index (χ0) is 21.6.